The van der Waals surface area contributed by atoms with Gasteiger partial charge < -0.3 is 15.0 Å². The highest BCUT2D eigenvalue weighted by atomic mass is 35.5. The molecule has 0 atom stereocenters. The number of ether oxygens (including phenoxy) is 1. The highest BCUT2D eigenvalue weighted by molar-refractivity contribution is 6.32. The molecule has 0 radical (unpaired) electrons. The first-order chi connectivity index (χ1) is 14.9. The number of aromatic nitrogens is 1. The fourth-order valence-electron chi connectivity index (χ4n) is 3.86. The summed E-state index contributed by atoms with van der Waals surface area (Å²) in [5.41, 5.74) is 4.21. The topological polar surface area (TPSA) is 91.5 Å². The molecule has 0 aliphatic carbocycles. The van der Waals surface area contributed by atoms with E-state index in [1.807, 2.05) is 11.8 Å². The van der Waals surface area contributed by atoms with Crippen LogP contribution in [0.2, 0.25) is 5.02 Å². The molecule has 2 aromatic carbocycles. The van der Waals surface area contributed by atoms with Gasteiger partial charge in [-0.25, -0.2) is 4.79 Å². The van der Waals surface area contributed by atoms with Crippen LogP contribution in [0.15, 0.2) is 41.2 Å². The Kier molecular flexibility index (Phi) is 5.80. The van der Waals surface area contributed by atoms with Gasteiger partial charge in [0.05, 0.1) is 24.7 Å². The number of aryl methyl sites for hydroxylation is 1. The molecule has 4 rings (SSSR count). The molecule has 1 aliphatic rings. The fourth-order valence-corrected chi connectivity index (χ4v) is 4.02. The van der Waals surface area contributed by atoms with Gasteiger partial charge in [-0.3, -0.25) is 14.5 Å². The molecular weight excluding hydrogens is 418 g/mol. The molecule has 0 bridgehead atoms. The van der Waals surface area contributed by atoms with Crippen molar-refractivity contribution >= 4 is 40.1 Å². The highest BCUT2D eigenvalue weighted by Gasteiger charge is 2.23. The van der Waals surface area contributed by atoms with Crippen molar-refractivity contribution in [2.75, 3.05) is 25.5 Å². The predicted octanol–water partition coefficient (Wildman–Crippen LogP) is 3.27. The van der Waals surface area contributed by atoms with Crippen LogP contribution in [0.3, 0.4) is 0 Å². The second-order valence-electron chi connectivity index (χ2n) is 7.58. The molecular formula is C23H22ClN3O4. The number of halogens is 1. The van der Waals surface area contributed by atoms with Crippen molar-refractivity contribution in [1.82, 2.24) is 9.88 Å². The van der Waals surface area contributed by atoms with Crippen molar-refractivity contribution < 1.29 is 14.3 Å². The molecule has 0 spiro atoms. The first-order valence-electron chi connectivity index (χ1n) is 9.91. The summed E-state index contributed by atoms with van der Waals surface area (Å²) in [6, 6.07) is 9.97. The van der Waals surface area contributed by atoms with Crippen LogP contribution < -0.4 is 10.7 Å². The summed E-state index contributed by atoms with van der Waals surface area (Å²) >= 11 is 6.20. The van der Waals surface area contributed by atoms with E-state index in [0.29, 0.717) is 46.7 Å². The van der Waals surface area contributed by atoms with Crippen LogP contribution in [-0.4, -0.2) is 42.0 Å². The molecule has 2 N–H and O–H groups in total. The Labute approximate surface area is 184 Å². The third-order valence-corrected chi connectivity index (χ3v) is 5.98. The van der Waals surface area contributed by atoms with Gasteiger partial charge in [0, 0.05) is 46.9 Å². The van der Waals surface area contributed by atoms with Crippen LogP contribution in [0, 0.1) is 6.92 Å². The third-order valence-electron chi connectivity index (χ3n) is 5.57. The Balaban J connectivity index is 1.47. The fraction of sp³-hybridized carbons (Fsp3) is 0.261. The number of pyridine rings is 1. The van der Waals surface area contributed by atoms with Crippen molar-refractivity contribution in [3.05, 3.63) is 74.0 Å². The average Bonchev–Trinajstić information content (AvgIpc) is 2.77. The molecule has 0 saturated heterocycles. The summed E-state index contributed by atoms with van der Waals surface area (Å²) in [5, 5.41) is 4.05. The van der Waals surface area contributed by atoms with Gasteiger partial charge in [0.1, 0.15) is 0 Å². The van der Waals surface area contributed by atoms with E-state index in [2.05, 4.69) is 15.0 Å². The molecule has 8 heteroatoms. The second kappa shape index (κ2) is 8.53. The molecule has 2 heterocycles. The molecule has 3 aromatic rings. The number of anilines is 1. The van der Waals surface area contributed by atoms with Crippen LogP contribution in [0.1, 0.15) is 27.2 Å². The summed E-state index contributed by atoms with van der Waals surface area (Å²) < 4.78 is 4.67. The van der Waals surface area contributed by atoms with Gasteiger partial charge in [0.2, 0.25) is 5.91 Å². The van der Waals surface area contributed by atoms with Crippen LogP contribution in [0.4, 0.5) is 5.69 Å². The first kappa shape index (κ1) is 21.1. The lowest BCUT2D eigenvalue weighted by atomic mass is 10.0. The van der Waals surface area contributed by atoms with E-state index in [4.69, 9.17) is 11.6 Å². The van der Waals surface area contributed by atoms with Crippen LogP contribution in [0.5, 0.6) is 0 Å². The summed E-state index contributed by atoms with van der Waals surface area (Å²) in [7, 11) is 1.32. The normalized spacial score (nSPS) is 13.6. The lowest BCUT2D eigenvalue weighted by Crippen LogP contribution is -2.39. The van der Waals surface area contributed by atoms with Gasteiger partial charge in [0.25, 0.3) is 0 Å². The van der Waals surface area contributed by atoms with Crippen molar-refractivity contribution in [2.45, 2.75) is 19.9 Å². The van der Waals surface area contributed by atoms with E-state index in [1.54, 1.807) is 36.4 Å². The third kappa shape index (κ3) is 4.19. The number of methoxy groups -OCH3 is 1. The second-order valence-corrected chi connectivity index (χ2v) is 7.99. The number of fused-ring (bicyclic) bond motifs is 2. The van der Waals surface area contributed by atoms with Gasteiger partial charge in [-0.2, -0.15) is 0 Å². The van der Waals surface area contributed by atoms with Gasteiger partial charge in [-0.05, 0) is 48.9 Å². The number of amides is 1. The smallest absolute Gasteiger partial charge is 0.337 e. The number of hydrogen-bond donors (Lipinski definition) is 2. The van der Waals surface area contributed by atoms with E-state index >= 15 is 0 Å². The average molecular weight is 440 g/mol. The van der Waals surface area contributed by atoms with Crippen LogP contribution in [-0.2, 0) is 22.5 Å². The maximum Gasteiger partial charge on any atom is 0.337 e. The lowest BCUT2D eigenvalue weighted by molar-refractivity contribution is -0.117. The zero-order valence-electron chi connectivity index (χ0n) is 17.3. The number of aromatic amines is 1. The van der Waals surface area contributed by atoms with Gasteiger partial charge in [-0.15, -0.1) is 0 Å². The number of hydrogen-bond acceptors (Lipinski definition) is 5. The molecule has 0 unspecified atom stereocenters. The SMILES string of the molecule is COC(=O)c1ccc(NC(=O)CN2CCc3[nH]c4c(C)c(Cl)ccc4c(=O)c3C2)cc1. The Hall–Kier alpha value is -3.16. The Morgan fingerprint density at radius 2 is 1.94 bits per heavy atom. The maximum absolute atomic E-state index is 13.0. The van der Waals surface area contributed by atoms with Gasteiger partial charge in [0.15, 0.2) is 5.43 Å². The monoisotopic (exact) mass is 439 g/mol. The van der Waals surface area contributed by atoms with Crippen molar-refractivity contribution in [1.29, 1.82) is 0 Å². The predicted molar refractivity (Wildman–Crippen MR) is 120 cm³/mol. The zero-order chi connectivity index (χ0) is 22.1. The van der Waals surface area contributed by atoms with E-state index in [0.717, 1.165) is 16.8 Å². The number of nitrogens with zero attached hydrogens (tertiary/aromatic N) is 1. The Morgan fingerprint density at radius 3 is 2.65 bits per heavy atom. The minimum absolute atomic E-state index is 0.0213. The summed E-state index contributed by atoms with van der Waals surface area (Å²) in [4.78, 5) is 42.4. The van der Waals surface area contributed by atoms with Crippen LogP contribution >= 0.6 is 11.6 Å². The molecule has 7 nitrogen and oxygen atoms in total. The summed E-state index contributed by atoms with van der Waals surface area (Å²) in [6.07, 6.45) is 0.646. The summed E-state index contributed by atoms with van der Waals surface area (Å²) in [5.74, 6) is -0.616. The minimum Gasteiger partial charge on any atom is -0.465 e. The zero-order valence-corrected chi connectivity index (χ0v) is 18.0. The number of carbonyl (C=O) groups excluding carboxylic acids is 2. The van der Waals surface area contributed by atoms with Gasteiger partial charge >= 0.3 is 5.97 Å². The number of rotatable bonds is 4. The van der Waals surface area contributed by atoms with E-state index < -0.39 is 5.97 Å². The lowest BCUT2D eigenvalue weighted by Gasteiger charge is -2.28. The highest BCUT2D eigenvalue weighted by Crippen LogP contribution is 2.25. The number of benzene rings is 2. The molecule has 0 saturated carbocycles. The molecule has 31 heavy (non-hydrogen) atoms. The minimum atomic E-state index is -0.430. The quantitative estimate of drug-likeness (QED) is 0.609. The van der Waals surface area contributed by atoms with Crippen LogP contribution in [0.25, 0.3) is 10.9 Å². The first-order valence-corrected chi connectivity index (χ1v) is 10.3. The largest absolute Gasteiger partial charge is 0.465 e. The molecule has 1 aromatic heterocycles. The molecule has 1 aliphatic heterocycles. The molecule has 160 valence electrons. The number of esters is 1. The van der Waals surface area contributed by atoms with E-state index in [-0.39, 0.29) is 17.9 Å². The standard InChI is InChI=1S/C23H22ClN3O4/c1-13-18(24)8-7-16-21(13)26-19-9-10-27(11-17(19)22(16)29)12-20(28)25-15-5-3-14(4-6-15)23(30)31-2/h3-8H,9-12H2,1-2H3,(H,25,28)(H,26,29). The Bertz CT molecular complexity index is 1230. The maximum atomic E-state index is 13.0. The van der Waals surface area contributed by atoms with E-state index in [9.17, 15) is 14.4 Å². The van der Waals surface area contributed by atoms with Crippen molar-refractivity contribution in [2.24, 2.45) is 0 Å². The Morgan fingerprint density at radius 1 is 1.19 bits per heavy atom. The van der Waals surface area contributed by atoms with Crippen molar-refractivity contribution in [3.8, 4) is 0 Å². The van der Waals surface area contributed by atoms with E-state index in [1.165, 1.54) is 7.11 Å². The number of H-pyrrole nitrogens is 1. The van der Waals surface area contributed by atoms with Gasteiger partial charge in [-0.1, -0.05) is 11.6 Å². The number of nitrogens with one attached hydrogen (secondary N) is 2. The van der Waals surface area contributed by atoms with Crippen molar-refractivity contribution in [3.63, 3.8) is 0 Å². The molecule has 1 amide bonds. The summed E-state index contributed by atoms with van der Waals surface area (Å²) in [6.45, 7) is 3.11. The molecule has 0 fully saturated rings. The number of carbonyl (C=O) groups is 2.